The number of aryl methyl sites for hydroxylation is 1. The first-order valence-corrected chi connectivity index (χ1v) is 7.41. The fraction of sp³-hybridized carbons (Fsp3) is 0.533. The summed E-state index contributed by atoms with van der Waals surface area (Å²) in [5.41, 5.74) is 1.14. The fourth-order valence-corrected chi connectivity index (χ4v) is 2.95. The third-order valence-corrected chi connectivity index (χ3v) is 3.92. The Morgan fingerprint density at radius 1 is 1.38 bits per heavy atom. The van der Waals surface area contributed by atoms with Crippen molar-refractivity contribution in [2.75, 3.05) is 13.7 Å². The zero-order valence-electron chi connectivity index (χ0n) is 12.3. The summed E-state index contributed by atoms with van der Waals surface area (Å²) in [6, 6.07) is 3.31. The quantitative estimate of drug-likeness (QED) is 0.633. The van der Waals surface area contributed by atoms with Crippen LogP contribution in [0.25, 0.3) is 0 Å². The van der Waals surface area contributed by atoms with Gasteiger partial charge < -0.3 is 9.64 Å². The molecule has 1 aromatic rings. The molecule has 1 aliphatic carbocycles. The molecule has 0 spiro atoms. The molecule has 0 N–H and O–H groups in total. The summed E-state index contributed by atoms with van der Waals surface area (Å²) in [7, 11) is 1.33. The van der Waals surface area contributed by atoms with Gasteiger partial charge in [0.2, 0.25) is 0 Å². The largest absolute Gasteiger partial charge is 0.468 e. The second-order valence-electron chi connectivity index (χ2n) is 5.27. The van der Waals surface area contributed by atoms with Crippen LogP contribution in [0.3, 0.4) is 0 Å². The lowest BCUT2D eigenvalue weighted by Crippen LogP contribution is -2.42. The normalized spacial score (nSPS) is 15.0. The Morgan fingerprint density at radius 3 is 2.62 bits per heavy atom. The van der Waals surface area contributed by atoms with E-state index >= 15 is 0 Å². The molecule has 1 aliphatic rings. The van der Waals surface area contributed by atoms with Crippen LogP contribution in [0.1, 0.15) is 41.7 Å². The first-order chi connectivity index (χ1) is 10.0. The standard InChI is InChI=1S/C15H19ClN2O3/c1-10-7-11(8-13(16)17-10)15(20)18(9-14(19)21-2)12-5-3-4-6-12/h7-8,12H,3-6,9H2,1-2H3. The van der Waals surface area contributed by atoms with Crippen molar-refractivity contribution in [3.05, 3.63) is 28.5 Å². The molecular formula is C15H19ClN2O3. The van der Waals surface area contributed by atoms with Crippen LogP contribution in [-0.4, -0.2) is 41.5 Å². The van der Waals surface area contributed by atoms with Gasteiger partial charge in [-0.25, -0.2) is 4.98 Å². The van der Waals surface area contributed by atoms with E-state index in [0.29, 0.717) is 11.3 Å². The summed E-state index contributed by atoms with van der Waals surface area (Å²) < 4.78 is 4.70. The number of ether oxygens (including phenoxy) is 1. The van der Waals surface area contributed by atoms with Crippen LogP contribution in [0.2, 0.25) is 5.15 Å². The predicted octanol–water partition coefficient (Wildman–Crippen LogP) is 2.60. The van der Waals surface area contributed by atoms with Gasteiger partial charge in [-0.05, 0) is 31.9 Å². The maximum atomic E-state index is 12.7. The molecule has 5 nitrogen and oxygen atoms in total. The number of amides is 1. The Balaban J connectivity index is 2.25. The third kappa shape index (κ3) is 3.94. The van der Waals surface area contributed by atoms with Crippen molar-refractivity contribution >= 4 is 23.5 Å². The van der Waals surface area contributed by atoms with Crippen molar-refractivity contribution in [2.45, 2.75) is 38.6 Å². The van der Waals surface area contributed by atoms with E-state index < -0.39 is 5.97 Å². The molecule has 0 saturated heterocycles. The van der Waals surface area contributed by atoms with Gasteiger partial charge in [0.15, 0.2) is 0 Å². The summed E-state index contributed by atoms with van der Waals surface area (Å²) in [5, 5.41) is 0.280. The SMILES string of the molecule is COC(=O)CN(C(=O)c1cc(C)nc(Cl)c1)C1CCCC1. The molecule has 1 fully saturated rings. The number of halogens is 1. The Labute approximate surface area is 129 Å². The van der Waals surface area contributed by atoms with E-state index in [2.05, 4.69) is 4.98 Å². The van der Waals surface area contributed by atoms with Gasteiger partial charge in [0.25, 0.3) is 5.91 Å². The average Bonchev–Trinajstić information content (AvgIpc) is 2.96. The molecule has 0 aliphatic heterocycles. The smallest absolute Gasteiger partial charge is 0.325 e. The van der Waals surface area contributed by atoms with Gasteiger partial charge in [0, 0.05) is 17.3 Å². The lowest BCUT2D eigenvalue weighted by Gasteiger charge is -2.28. The number of methoxy groups -OCH3 is 1. The molecule has 0 bridgehead atoms. The predicted molar refractivity (Wildman–Crippen MR) is 79.3 cm³/mol. The summed E-state index contributed by atoms with van der Waals surface area (Å²) >= 11 is 5.92. The lowest BCUT2D eigenvalue weighted by atomic mass is 10.1. The first-order valence-electron chi connectivity index (χ1n) is 7.03. The van der Waals surface area contributed by atoms with Gasteiger partial charge in [0.1, 0.15) is 11.7 Å². The van der Waals surface area contributed by atoms with Crippen LogP contribution in [0.5, 0.6) is 0 Å². The zero-order chi connectivity index (χ0) is 15.4. The highest BCUT2D eigenvalue weighted by atomic mass is 35.5. The van der Waals surface area contributed by atoms with Gasteiger partial charge >= 0.3 is 5.97 Å². The van der Waals surface area contributed by atoms with Crippen molar-refractivity contribution in [3.63, 3.8) is 0 Å². The topological polar surface area (TPSA) is 59.5 Å². The van der Waals surface area contributed by atoms with E-state index in [1.54, 1.807) is 17.9 Å². The Kier molecular flexibility index (Phi) is 5.17. The molecule has 2 rings (SSSR count). The van der Waals surface area contributed by atoms with Gasteiger partial charge in [-0.1, -0.05) is 24.4 Å². The fourth-order valence-electron chi connectivity index (χ4n) is 2.70. The van der Waals surface area contributed by atoms with Crippen LogP contribution in [0.4, 0.5) is 0 Å². The minimum atomic E-state index is -0.410. The van der Waals surface area contributed by atoms with Gasteiger partial charge in [-0.15, -0.1) is 0 Å². The number of carbonyl (C=O) groups is 2. The van der Waals surface area contributed by atoms with Crippen molar-refractivity contribution in [2.24, 2.45) is 0 Å². The van der Waals surface area contributed by atoms with Crippen LogP contribution >= 0.6 is 11.6 Å². The van der Waals surface area contributed by atoms with Crippen molar-refractivity contribution in [3.8, 4) is 0 Å². The van der Waals surface area contributed by atoms with Crippen molar-refractivity contribution in [1.29, 1.82) is 0 Å². The average molecular weight is 311 g/mol. The number of hydrogen-bond donors (Lipinski definition) is 0. The van der Waals surface area contributed by atoms with E-state index in [1.165, 1.54) is 13.2 Å². The van der Waals surface area contributed by atoms with Gasteiger partial charge in [0.05, 0.1) is 7.11 Å². The van der Waals surface area contributed by atoms with Crippen LogP contribution < -0.4 is 0 Å². The molecule has 1 amide bonds. The van der Waals surface area contributed by atoms with Crippen molar-refractivity contribution in [1.82, 2.24) is 9.88 Å². The molecule has 1 aromatic heterocycles. The molecule has 114 valence electrons. The Morgan fingerprint density at radius 2 is 2.05 bits per heavy atom. The molecule has 21 heavy (non-hydrogen) atoms. The molecular weight excluding hydrogens is 292 g/mol. The maximum Gasteiger partial charge on any atom is 0.325 e. The maximum absolute atomic E-state index is 12.7. The molecule has 1 saturated carbocycles. The number of nitrogens with zero attached hydrogens (tertiary/aromatic N) is 2. The van der Waals surface area contributed by atoms with Crippen LogP contribution in [-0.2, 0) is 9.53 Å². The van der Waals surface area contributed by atoms with E-state index in [4.69, 9.17) is 16.3 Å². The summed E-state index contributed by atoms with van der Waals surface area (Å²) in [6.07, 6.45) is 3.98. The number of rotatable bonds is 4. The number of aromatic nitrogens is 1. The molecule has 6 heteroatoms. The van der Waals surface area contributed by atoms with Crippen molar-refractivity contribution < 1.29 is 14.3 Å². The van der Waals surface area contributed by atoms with E-state index in [9.17, 15) is 9.59 Å². The van der Waals surface area contributed by atoms with Crippen LogP contribution in [0, 0.1) is 6.92 Å². The second kappa shape index (κ2) is 6.89. The number of hydrogen-bond acceptors (Lipinski definition) is 4. The van der Waals surface area contributed by atoms with E-state index in [1.807, 2.05) is 0 Å². The molecule has 0 atom stereocenters. The van der Waals surface area contributed by atoms with Gasteiger partial charge in [-0.3, -0.25) is 9.59 Å². The lowest BCUT2D eigenvalue weighted by molar-refractivity contribution is -0.141. The second-order valence-corrected chi connectivity index (χ2v) is 5.65. The Bertz CT molecular complexity index is 521. The summed E-state index contributed by atoms with van der Waals surface area (Å²) in [4.78, 5) is 30.0. The first kappa shape index (κ1) is 15.8. The zero-order valence-corrected chi connectivity index (χ0v) is 13.0. The summed E-state index contributed by atoms with van der Waals surface area (Å²) in [5.74, 6) is -0.605. The molecule has 0 unspecified atom stereocenters. The minimum Gasteiger partial charge on any atom is -0.468 e. The highest BCUT2D eigenvalue weighted by molar-refractivity contribution is 6.29. The highest BCUT2D eigenvalue weighted by Crippen LogP contribution is 2.25. The number of pyridine rings is 1. The van der Waals surface area contributed by atoms with Gasteiger partial charge in [-0.2, -0.15) is 0 Å². The number of carbonyl (C=O) groups excluding carboxylic acids is 2. The number of esters is 1. The molecule has 0 radical (unpaired) electrons. The molecule has 1 heterocycles. The monoisotopic (exact) mass is 310 g/mol. The summed E-state index contributed by atoms with van der Waals surface area (Å²) in [6.45, 7) is 1.75. The molecule has 0 aromatic carbocycles. The third-order valence-electron chi connectivity index (χ3n) is 3.72. The Hall–Kier alpha value is -1.62. The van der Waals surface area contributed by atoms with E-state index in [-0.39, 0.29) is 23.6 Å². The van der Waals surface area contributed by atoms with E-state index in [0.717, 1.165) is 25.7 Å². The highest BCUT2D eigenvalue weighted by Gasteiger charge is 2.29. The minimum absolute atomic E-state index is 0.0288. The van der Waals surface area contributed by atoms with Crippen LogP contribution in [0.15, 0.2) is 12.1 Å².